The van der Waals surface area contributed by atoms with Crippen LogP contribution in [0.1, 0.15) is 48.3 Å². The molecule has 1 aromatic carbocycles. The zero-order valence-electron chi connectivity index (χ0n) is 16.3. The SMILES string of the molecule is Cc1ccc(NC(=O)[C@H](C)OC(=O)/C=C/c2cc(C)n(C3CC3)c2C)cc1. The number of carbonyl (C=O) groups excluding carboxylic acids is 2. The smallest absolute Gasteiger partial charge is 0.331 e. The fourth-order valence-corrected chi connectivity index (χ4v) is 3.17. The monoisotopic (exact) mass is 366 g/mol. The highest BCUT2D eigenvalue weighted by Gasteiger charge is 2.26. The molecule has 0 aliphatic heterocycles. The molecule has 1 aromatic heterocycles. The van der Waals surface area contributed by atoms with Crippen LogP contribution in [0.4, 0.5) is 5.69 Å². The van der Waals surface area contributed by atoms with E-state index < -0.39 is 12.1 Å². The van der Waals surface area contributed by atoms with Crippen molar-refractivity contribution in [1.82, 2.24) is 4.57 Å². The number of hydrogen-bond acceptors (Lipinski definition) is 3. The van der Waals surface area contributed by atoms with Gasteiger partial charge in [-0.25, -0.2) is 4.79 Å². The van der Waals surface area contributed by atoms with E-state index in [-0.39, 0.29) is 5.91 Å². The summed E-state index contributed by atoms with van der Waals surface area (Å²) in [6.45, 7) is 7.69. The molecule has 0 bridgehead atoms. The predicted molar refractivity (Wildman–Crippen MR) is 107 cm³/mol. The largest absolute Gasteiger partial charge is 0.449 e. The van der Waals surface area contributed by atoms with Crippen molar-refractivity contribution in [2.24, 2.45) is 0 Å². The molecule has 0 spiro atoms. The first-order valence-corrected chi connectivity index (χ1v) is 9.30. The number of amides is 1. The van der Waals surface area contributed by atoms with Crippen molar-refractivity contribution in [3.8, 4) is 0 Å². The fraction of sp³-hybridized carbons (Fsp3) is 0.364. The van der Waals surface area contributed by atoms with E-state index in [0.29, 0.717) is 11.7 Å². The third kappa shape index (κ3) is 4.67. The summed E-state index contributed by atoms with van der Waals surface area (Å²) in [7, 11) is 0. The van der Waals surface area contributed by atoms with Crippen molar-refractivity contribution in [3.05, 3.63) is 58.9 Å². The third-order valence-electron chi connectivity index (χ3n) is 4.82. The van der Waals surface area contributed by atoms with Gasteiger partial charge in [0.05, 0.1) is 0 Å². The van der Waals surface area contributed by atoms with Crippen LogP contribution in [0.25, 0.3) is 6.08 Å². The Kier molecular flexibility index (Phi) is 5.49. The van der Waals surface area contributed by atoms with Crippen LogP contribution in [0.5, 0.6) is 0 Å². The lowest BCUT2D eigenvalue weighted by Crippen LogP contribution is -2.29. The Hall–Kier alpha value is -2.82. The summed E-state index contributed by atoms with van der Waals surface area (Å²) in [5, 5.41) is 2.74. The first kappa shape index (κ1) is 19.0. The standard InChI is InChI=1S/C22H26N2O3/c1-14-5-8-19(9-6-14)23-22(26)17(4)27-21(25)12-7-18-13-15(2)24(16(18)3)20-10-11-20/h5-9,12-13,17,20H,10-11H2,1-4H3,(H,23,26)/b12-7+/t17-/m0/s1. The second-order valence-corrected chi connectivity index (χ2v) is 7.20. The zero-order valence-corrected chi connectivity index (χ0v) is 16.3. The Morgan fingerprint density at radius 1 is 1.19 bits per heavy atom. The maximum atomic E-state index is 12.2. The van der Waals surface area contributed by atoms with Crippen molar-refractivity contribution >= 4 is 23.6 Å². The molecule has 1 saturated carbocycles. The quantitative estimate of drug-likeness (QED) is 0.611. The number of hydrogen-bond donors (Lipinski definition) is 1. The Balaban J connectivity index is 1.56. The van der Waals surface area contributed by atoms with Crippen molar-refractivity contribution < 1.29 is 14.3 Å². The molecule has 3 rings (SSSR count). The van der Waals surface area contributed by atoms with E-state index in [0.717, 1.165) is 16.8 Å². The minimum Gasteiger partial charge on any atom is -0.449 e. The van der Waals surface area contributed by atoms with E-state index >= 15 is 0 Å². The van der Waals surface area contributed by atoms with E-state index in [1.165, 1.54) is 24.6 Å². The number of carbonyl (C=O) groups is 2. The fourth-order valence-electron chi connectivity index (χ4n) is 3.17. The number of nitrogens with zero attached hydrogens (tertiary/aromatic N) is 1. The molecule has 5 heteroatoms. The van der Waals surface area contributed by atoms with Gasteiger partial charge >= 0.3 is 5.97 Å². The summed E-state index contributed by atoms with van der Waals surface area (Å²) >= 11 is 0. The molecule has 5 nitrogen and oxygen atoms in total. The van der Waals surface area contributed by atoms with E-state index in [2.05, 4.69) is 29.8 Å². The summed E-state index contributed by atoms with van der Waals surface area (Å²) in [6.07, 6.45) is 4.70. The Bertz CT molecular complexity index is 874. The van der Waals surface area contributed by atoms with E-state index in [4.69, 9.17) is 4.74 Å². The Morgan fingerprint density at radius 3 is 2.48 bits per heavy atom. The van der Waals surface area contributed by atoms with Crippen LogP contribution in [-0.4, -0.2) is 22.5 Å². The molecule has 27 heavy (non-hydrogen) atoms. The van der Waals surface area contributed by atoms with Crippen LogP contribution in [0.15, 0.2) is 36.4 Å². The number of ether oxygens (including phenoxy) is 1. The number of esters is 1. The lowest BCUT2D eigenvalue weighted by Gasteiger charge is -2.12. The Labute approximate surface area is 160 Å². The molecule has 2 aromatic rings. The highest BCUT2D eigenvalue weighted by Crippen LogP contribution is 2.38. The Morgan fingerprint density at radius 2 is 1.85 bits per heavy atom. The zero-order chi connectivity index (χ0) is 19.6. The summed E-state index contributed by atoms with van der Waals surface area (Å²) in [5.41, 5.74) is 5.15. The average molecular weight is 366 g/mol. The lowest BCUT2D eigenvalue weighted by molar-refractivity contribution is -0.148. The molecule has 1 fully saturated rings. The minimum absolute atomic E-state index is 0.354. The normalized spacial score (nSPS) is 15.0. The van der Waals surface area contributed by atoms with Gasteiger partial charge in [-0.2, -0.15) is 0 Å². The van der Waals surface area contributed by atoms with E-state index in [1.807, 2.05) is 31.2 Å². The highest BCUT2D eigenvalue weighted by molar-refractivity contribution is 5.96. The predicted octanol–water partition coefficient (Wildman–Crippen LogP) is 4.33. The van der Waals surface area contributed by atoms with Gasteiger partial charge in [0.25, 0.3) is 5.91 Å². The average Bonchev–Trinajstić information content (AvgIpc) is 3.41. The molecule has 1 heterocycles. The van der Waals surface area contributed by atoms with Crippen molar-refractivity contribution in [2.75, 3.05) is 5.32 Å². The van der Waals surface area contributed by atoms with Gasteiger partial charge in [-0.3, -0.25) is 4.79 Å². The van der Waals surface area contributed by atoms with Crippen LogP contribution >= 0.6 is 0 Å². The second-order valence-electron chi connectivity index (χ2n) is 7.20. The van der Waals surface area contributed by atoms with Gasteiger partial charge in [0.1, 0.15) is 0 Å². The van der Waals surface area contributed by atoms with Gasteiger partial charge < -0.3 is 14.6 Å². The number of anilines is 1. The van der Waals surface area contributed by atoms with Crippen LogP contribution in [0.2, 0.25) is 0 Å². The molecular formula is C22H26N2O3. The molecule has 1 aliphatic rings. The van der Waals surface area contributed by atoms with Crippen LogP contribution in [0.3, 0.4) is 0 Å². The topological polar surface area (TPSA) is 60.3 Å². The molecule has 1 N–H and O–H groups in total. The summed E-state index contributed by atoms with van der Waals surface area (Å²) in [5.74, 6) is -0.884. The summed E-state index contributed by atoms with van der Waals surface area (Å²) in [6, 6.07) is 10.1. The number of rotatable bonds is 6. The molecule has 1 atom stereocenters. The molecule has 0 unspecified atom stereocenters. The third-order valence-corrected chi connectivity index (χ3v) is 4.82. The van der Waals surface area contributed by atoms with Gasteiger partial charge in [-0.15, -0.1) is 0 Å². The van der Waals surface area contributed by atoms with Gasteiger partial charge in [-0.05, 0) is 70.4 Å². The van der Waals surface area contributed by atoms with Gasteiger partial charge in [0.15, 0.2) is 6.10 Å². The molecule has 1 aliphatic carbocycles. The minimum atomic E-state index is -0.873. The molecule has 1 amide bonds. The molecule has 0 saturated heterocycles. The van der Waals surface area contributed by atoms with Gasteiger partial charge in [0, 0.05) is 29.2 Å². The van der Waals surface area contributed by atoms with Crippen molar-refractivity contribution in [3.63, 3.8) is 0 Å². The second kappa shape index (κ2) is 7.82. The van der Waals surface area contributed by atoms with Crippen LogP contribution in [0, 0.1) is 20.8 Å². The number of aromatic nitrogens is 1. The number of benzene rings is 1. The lowest BCUT2D eigenvalue weighted by atomic mass is 10.2. The van der Waals surface area contributed by atoms with Crippen molar-refractivity contribution in [1.29, 1.82) is 0 Å². The maximum absolute atomic E-state index is 12.2. The summed E-state index contributed by atoms with van der Waals surface area (Å²) < 4.78 is 7.54. The first-order chi connectivity index (χ1) is 12.8. The van der Waals surface area contributed by atoms with Crippen LogP contribution < -0.4 is 5.32 Å². The van der Waals surface area contributed by atoms with E-state index in [9.17, 15) is 9.59 Å². The first-order valence-electron chi connectivity index (χ1n) is 9.30. The number of aryl methyl sites for hydroxylation is 2. The molecular weight excluding hydrogens is 340 g/mol. The van der Waals surface area contributed by atoms with Crippen LogP contribution in [-0.2, 0) is 14.3 Å². The molecule has 0 radical (unpaired) electrons. The highest BCUT2D eigenvalue weighted by atomic mass is 16.5. The summed E-state index contributed by atoms with van der Waals surface area (Å²) in [4.78, 5) is 24.3. The van der Waals surface area contributed by atoms with Gasteiger partial charge in [0.2, 0.25) is 0 Å². The van der Waals surface area contributed by atoms with Gasteiger partial charge in [-0.1, -0.05) is 17.7 Å². The van der Waals surface area contributed by atoms with E-state index in [1.54, 1.807) is 13.0 Å². The molecule has 142 valence electrons. The van der Waals surface area contributed by atoms with Crippen molar-refractivity contribution in [2.45, 2.75) is 52.7 Å². The number of nitrogens with one attached hydrogen (secondary N) is 1. The maximum Gasteiger partial charge on any atom is 0.331 e.